The molecule has 0 aliphatic carbocycles. The third-order valence-electron chi connectivity index (χ3n) is 3.18. The van der Waals surface area contributed by atoms with Gasteiger partial charge in [0.05, 0.1) is 38.4 Å². The van der Waals surface area contributed by atoms with Crippen molar-refractivity contribution in [3.05, 3.63) is 24.0 Å². The lowest BCUT2D eigenvalue weighted by molar-refractivity contribution is 0.168. The molecule has 0 spiro atoms. The molecule has 0 saturated carbocycles. The zero-order valence-electron chi connectivity index (χ0n) is 12.8. The molecule has 0 aliphatic rings. The topological polar surface area (TPSA) is 95.7 Å². The van der Waals surface area contributed by atoms with Crippen LogP contribution in [0, 0.1) is 0 Å². The molecule has 0 bridgehead atoms. The van der Waals surface area contributed by atoms with Crippen molar-refractivity contribution in [1.29, 1.82) is 0 Å². The Morgan fingerprint density at radius 3 is 2.41 bits per heavy atom. The summed E-state index contributed by atoms with van der Waals surface area (Å²) in [7, 11) is 3.10. The summed E-state index contributed by atoms with van der Waals surface area (Å²) < 4.78 is 15.5. The van der Waals surface area contributed by atoms with Crippen LogP contribution in [-0.2, 0) is 11.3 Å². The molecule has 1 amide bonds. The van der Waals surface area contributed by atoms with Crippen LogP contribution >= 0.6 is 0 Å². The number of carbonyl (C=O) groups is 1. The zero-order chi connectivity index (χ0) is 16.1. The Balaban J connectivity index is 2.60. The van der Waals surface area contributed by atoms with E-state index in [0.29, 0.717) is 22.9 Å². The maximum absolute atomic E-state index is 11.6. The van der Waals surface area contributed by atoms with Crippen LogP contribution < -0.4 is 20.5 Å². The fourth-order valence-corrected chi connectivity index (χ4v) is 2.16. The van der Waals surface area contributed by atoms with Crippen molar-refractivity contribution in [2.75, 3.05) is 26.1 Å². The molecule has 1 heterocycles. The minimum absolute atomic E-state index is 0.270. The first kappa shape index (κ1) is 15.8. The Morgan fingerprint density at radius 2 is 1.86 bits per heavy atom. The van der Waals surface area contributed by atoms with Crippen molar-refractivity contribution in [2.45, 2.75) is 13.5 Å². The smallest absolute Gasteiger partial charge is 0.411 e. The van der Waals surface area contributed by atoms with Gasteiger partial charge >= 0.3 is 6.09 Å². The van der Waals surface area contributed by atoms with Crippen molar-refractivity contribution in [1.82, 2.24) is 4.98 Å². The first-order chi connectivity index (χ1) is 10.6. The highest BCUT2D eigenvalue weighted by atomic mass is 16.5. The molecule has 3 N–H and O–H groups in total. The molecule has 0 unspecified atom stereocenters. The van der Waals surface area contributed by atoms with Crippen LogP contribution in [0.15, 0.2) is 18.3 Å². The first-order valence-electron chi connectivity index (χ1n) is 6.82. The lowest BCUT2D eigenvalue weighted by atomic mass is 10.1. The maximum atomic E-state index is 11.6. The molecule has 118 valence electrons. The zero-order valence-corrected chi connectivity index (χ0v) is 12.8. The Bertz CT molecular complexity index is 688. The number of hydrogen-bond acceptors (Lipinski definition) is 6. The van der Waals surface area contributed by atoms with Crippen LogP contribution in [-0.4, -0.2) is 31.9 Å². The Hall–Kier alpha value is -2.54. The highest BCUT2D eigenvalue weighted by molar-refractivity contribution is 6.02. The summed E-state index contributed by atoms with van der Waals surface area (Å²) in [5.41, 5.74) is 6.95. The van der Waals surface area contributed by atoms with Gasteiger partial charge in [0, 0.05) is 17.3 Å². The maximum Gasteiger partial charge on any atom is 0.411 e. The van der Waals surface area contributed by atoms with Crippen LogP contribution in [0.25, 0.3) is 10.8 Å². The molecular weight excluding hydrogens is 286 g/mol. The quantitative estimate of drug-likeness (QED) is 0.880. The molecule has 2 aromatic rings. The molecular formula is C15H19N3O4. The summed E-state index contributed by atoms with van der Waals surface area (Å²) in [6.45, 7) is 2.29. The predicted molar refractivity (Wildman–Crippen MR) is 83.4 cm³/mol. The fourth-order valence-electron chi connectivity index (χ4n) is 2.16. The number of anilines is 1. The van der Waals surface area contributed by atoms with E-state index >= 15 is 0 Å². The third kappa shape index (κ3) is 3.04. The molecule has 0 saturated heterocycles. The second-order valence-electron chi connectivity index (χ2n) is 4.42. The highest BCUT2D eigenvalue weighted by Crippen LogP contribution is 2.36. The van der Waals surface area contributed by atoms with E-state index in [4.69, 9.17) is 19.9 Å². The molecule has 22 heavy (non-hydrogen) atoms. The molecule has 0 radical (unpaired) electrons. The summed E-state index contributed by atoms with van der Waals surface area (Å²) in [4.78, 5) is 15.9. The minimum Gasteiger partial charge on any atom is -0.493 e. The minimum atomic E-state index is -0.541. The number of nitrogens with two attached hydrogens (primary N) is 1. The summed E-state index contributed by atoms with van der Waals surface area (Å²) >= 11 is 0. The average molecular weight is 305 g/mol. The van der Waals surface area contributed by atoms with Crippen LogP contribution in [0.5, 0.6) is 11.5 Å². The van der Waals surface area contributed by atoms with Gasteiger partial charge in [-0.1, -0.05) is 0 Å². The average Bonchev–Trinajstić information content (AvgIpc) is 2.54. The van der Waals surface area contributed by atoms with Gasteiger partial charge in [-0.3, -0.25) is 10.3 Å². The summed E-state index contributed by atoms with van der Waals surface area (Å²) in [5.74, 6) is 1.12. The molecule has 1 aromatic heterocycles. The van der Waals surface area contributed by atoms with Crippen molar-refractivity contribution < 1.29 is 19.0 Å². The number of hydrogen-bond donors (Lipinski definition) is 2. The van der Waals surface area contributed by atoms with E-state index in [0.717, 1.165) is 10.8 Å². The number of benzene rings is 1. The van der Waals surface area contributed by atoms with Gasteiger partial charge in [-0.05, 0) is 19.1 Å². The van der Waals surface area contributed by atoms with Crippen LogP contribution in [0.3, 0.4) is 0 Å². The number of fused-ring (bicyclic) bond motifs is 1. The second kappa shape index (κ2) is 6.95. The van der Waals surface area contributed by atoms with Crippen molar-refractivity contribution in [2.24, 2.45) is 5.73 Å². The van der Waals surface area contributed by atoms with Gasteiger partial charge < -0.3 is 19.9 Å². The van der Waals surface area contributed by atoms with E-state index in [1.807, 2.05) is 0 Å². The van der Waals surface area contributed by atoms with Gasteiger partial charge in [-0.15, -0.1) is 0 Å². The number of ether oxygens (including phenoxy) is 3. The Kier molecular flexibility index (Phi) is 5.00. The van der Waals surface area contributed by atoms with Crippen molar-refractivity contribution >= 4 is 22.6 Å². The molecule has 7 heteroatoms. The third-order valence-corrected chi connectivity index (χ3v) is 3.18. The van der Waals surface area contributed by atoms with Crippen molar-refractivity contribution in [3.63, 3.8) is 0 Å². The van der Waals surface area contributed by atoms with Crippen LogP contribution in [0.4, 0.5) is 10.5 Å². The molecule has 2 rings (SSSR count). The predicted octanol–water partition coefficient (Wildman–Crippen LogP) is 2.28. The van der Waals surface area contributed by atoms with Gasteiger partial charge in [0.15, 0.2) is 11.5 Å². The van der Waals surface area contributed by atoms with Crippen molar-refractivity contribution in [3.8, 4) is 11.5 Å². The largest absolute Gasteiger partial charge is 0.493 e. The first-order valence-corrected chi connectivity index (χ1v) is 6.82. The van der Waals surface area contributed by atoms with E-state index in [9.17, 15) is 4.79 Å². The fraction of sp³-hybridized carbons (Fsp3) is 0.333. The molecule has 1 aromatic carbocycles. The van der Waals surface area contributed by atoms with Crippen LogP contribution in [0.1, 0.15) is 12.6 Å². The number of amides is 1. The number of aromatic nitrogens is 1. The summed E-state index contributed by atoms with van der Waals surface area (Å²) in [6, 6.07) is 3.57. The van der Waals surface area contributed by atoms with E-state index in [-0.39, 0.29) is 13.2 Å². The standard InChI is InChI=1S/C15H19N3O4/c1-4-22-15(19)18-12-8-17-11(7-16)9-5-13(20-2)14(21-3)6-10(9)12/h5-6,8H,4,7,16H2,1-3H3,(H,18,19). The van der Waals surface area contributed by atoms with E-state index < -0.39 is 6.09 Å². The van der Waals surface area contributed by atoms with E-state index in [2.05, 4.69) is 10.3 Å². The molecule has 0 fully saturated rings. The lowest BCUT2D eigenvalue weighted by Crippen LogP contribution is -2.14. The number of nitrogens with zero attached hydrogens (tertiary/aromatic N) is 1. The van der Waals surface area contributed by atoms with Gasteiger partial charge in [0.25, 0.3) is 0 Å². The van der Waals surface area contributed by atoms with Gasteiger partial charge in [-0.25, -0.2) is 4.79 Å². The van der Waals surface area contributed by atoms with Gasteiger partial charge in [0.1, 0.15) is 0 Å². The second-order valence-corrected chi connectivity index (χ2v) is 4.42. The molecule has 0 atom stereocenters. The van der Waals surface area contributed by atoms with Gasteiger partial charge in [-0.2, -0.15) is 0 Å². The molecule has 0 aliphatic heterocycles. The highest BCUT2D eigenvalue weighted by Gasteiger charge is 2.14. The summed E-state index contributed by atoms with van der Waals surface area (Å²) in [5, 5.41) is 4.20. The van der Waals surface area contributed by atoms with E-state index in [1.54, 1.807) is 39.5 Å². The normalized spacial score (nSPS) is 10.4. The number of nitrogens with one attached hydrogen (secondary N) is 1. The SMILES string of the molecule is CCOC(=O)Nc1cnc(CN)c2cc(OC)c(OC)cc12. The number of pyridine rings is 1. The Labute approximate surface area is 128 Å². The summed E-state index contributed by atoms with van der Waals surface area (Å²) in [6.07, 6.45) is 1.01. The Morgan fingerprint density at radius 1 is 1.23 bits per heavy atom. The van der Waals surface area contributed by atoms with Gasteiger partial charge in [0.2, 0.25) is 0 Å². The lowest BCUT2D eigenvalue weighted by Gasteiger charge is -2.14. The van der Waals surface area contributed by atoms with E-state index in [1.165, 1.54) is 0 Å². The number of rotatable bonds is 5. The molecule has 7 nitrogen and oxygen atoms in total. The number of carbonyl (C=O) groups excluding carboxylic acids is 1. The monoisotopic (exact) mass is 305 g/mol. The van der Waals surface area contributed by atoms with Crippen LogP contribution in [0.2, 0.25) is 0 Å². The number of methoxy groups -OCH3 is 2.